The van der Waals surface area contributed by atoms with Crippen LogP contribution in [0.15, 0.2) is 22.7 Å². The van der Waals surface area contributed by atoms with E-state index in [2.05, 4.69) is 15.0 Å². The van der Waals surface area contributed by atoms with E-state index in [4.69, 9.17) is 27.7 Å². The number of rotatable bonds is 3. The molecule has 0 bridgehead atoms. The molecule has 2 aromatic rings. The smallest absolute Gasteiger partial charge is 0.259 e. The fourth-order valence-corrected chi connectivity index (χ4v) is 3.36. The quantitative estimate of drug-likeness (QED) is 0.790. The van der Waals surface area contributed by atoms with E-state index in [1.807, 2.05) is 25.7 Å². The van der Waals surface area contributed by atoms with Crippen molar-refractivity contribution in [1.82, 2.24) is 19.9 Å². The Balaban J connectivity index is 1.60. The van der Waals surface area contributed by atoms with Crippen molar-refractivity contribution in [3.8, 4) is 11.5 Å². The number of aromatic nitrogens is 2. The van der Waals surface area contributed by atoms with Gasteiger partial charge < -0.3 is 9.42 Å². The van der Waals surface area contributed by atoms with Crippen molar-refractivity contribution in [2.75, 3.05) is 26.2 Å². The van der Waals surface area contributed by atoms with Crippen LogP contribution in [0.1, 0.15) is 26.6 Å². The number of carbonyl (C=O) groups excluding carboxylic acids is 1. The predicted octanol–water partition coefficient (Wildman–Crippen LogP) is 3.73. The normalized spacial score (nSPS) is 16.1. The van der Waals surface area contributed by atoms with Gasteiger partial charge in [-0.25, -0.2) is 0 Å². The molecule has 140 valence electrons. The maximum absolute atomic E-state index is 12.3. The van der Waals surface area contributed by atoms with Crippen LogP contribution in [0.2, 0.25) is 10.0 Å². The minimum Gasteiger partial charge on any atom is -0.340 e. The summed E-state index contributed by atoms with van der Waals surface area (Å²) in [6, 6.07) is 5.14. The summed E-state index contributed by atoms with van der Waals surface area (Å²) in [6.45, 7) is 9.42. The SMILES string of the molecule is CC(C)(C)C(=O)N1CCN(Cc2noc(-c3ccc(Cl)cc3Cl)n2)CC1. The minimum atomic E-state index is -0.345. The Hall–Kier alpha value is -1.63. The second-order valence-electron chi connectivity index (χ2n) is 7.46. The Labute approximate surface area is 163 Å². The van der Waals surface area contributed by atoms with Gasteiger partial charge in [0.15, 0.2) is 5.82 Å². The van der Waals surface area contributed by atoms with Crippen molar-refractivity contribution in [2.45, 2.75) is 27.3 Å². The summed E-state index contributed by atoms with van der Waals surface area (Å²) in [5.41, 5.74) is 0.318. The van der Waals surface area contributed by atoms with Gasteiger partial charge in [0.05, 0.1) is 17.1 Å². The molecular weight excluding hydrogens is 375 g/mol. The first-order valence-electron chi connectivity index (χ1n) is 8.54. The summed E-state index contributed by atoms with van der Waals surface area (Å²) in [5.74, 6) is 1.17. The first-order valence-corrected chi connectivity index (χ1v) is 9.29. The van der Waals surface area contributed by atoms with Gasteiger partial charge in [-0.3, -0.25) is 9.69 Å². The summed E-state index contributed by atoms with van der Waals surface area (Å²) in [7, 11) is 0. The maximum Gasteiger partial charge on any atom is 0.259 e. The van der Waals surface area contributed by atoms with Crippen LogP contribution < -0.4 is 0 Å². The highest BCUT2D eigenvalue weighted by atomic mass is 35.5. The van der Waals surface area contributed by atoms with E-state index in [1.165, 1.54) is 0 Å². The molecule has 26 heavy (non-hydrogen) atoms. The molecule has 1 aromatic carbocycles. The highest BCUT2D eigenvalue weighted by Gasteiger charge is 2.30. The molecule has 1 aliphatic heterocycles. The van der Waals surface area contributed by atoms with Gasteiger partial charge in [-0.15, -0.1) is 0 Å². The van der Waals surface area contributed by atoms with Gasteiger partial charge in [0.2, 0.25) is 5.91 Å². The molecule has 3 rings (SSSR count). The molecule has 1 aromatic heterocycles. The van der Waals surface area contributed by atoms with Crippen LogP contribution in [0, 0.1) is 5.41 Å². The van der Waals surface area contributed by atoms with Crippen LogP contribution in [0.4, 0.5) is 0 Å². The molecule has 0 saturated carbocycles. The van der Waals surface area contributed by atoms with Crippen LogP contribution in [0.25, 0.3) is 11.5 Å². The summed E-state index contributed by atoms with van der Waals surface area (Å²) in [4.78, 5) is 20.9. The Morgan fingerprint density at radius 1 is 1.19 bits per heavy atom. The Kier molecular flexibility index (Phi) is 5.55. The second-order valence-corrected chi connectivity index (χ2v) is 8.30. The van der Waals surface area contributed by atoms with Gasteiger partial charge in [0.1, 0.15) is 0 Å². The van der Waals surface area contributed by atoms with Crippen molar-refractivity contribution in [3.05, 3.63) is 34.1 Å². The van der Waals surface area contributed by atoms with Crippen molar-refractivity contribution < 1.29 is 9.32 Å². The lowest BCUT2D eigenvalue weighted by molar-refractivity contribution is -0.141. The fraction of sp³-hybridized carbons (Fsp3) is 0.500. The topological polar surface area (TPSA) is 62.5 Å². The van der Waals surface area contributed by atoms with E-state index in [-0.39, 0.29) is 11.3 Å². The molecule has 0 unspecified atom stereocenters. The maximum atomic E-state index is 12.3. The molecule has 0 radical (unpaired) electrons. The summed E-state index contributed by atoms with van der Waals surface area (Å²) in [6.07, 6.45) is 0. The molecule has 0 spiro atoms. The van der Waals surface area contributed by atoms with Crippen LogP contribution >= 0.6 is 23.2 Å². The third-order valence-corrected chi connectivity index (χ3v) is 4.84. The average molecular weight is 397 g/mol. The van der Waals surface area contributed by atoms with Crippen LogP contribution in [0.3, 0.4) is 0 Å². The lowest BCUT2D eigenvalue weighted by Crippen LogP contribution is -2.51. The standard InChI is InChI=1S/C18H22Cl2N4O2/c1-18(2,3)17(25)24-8-6-23(7-9-24)11-15-21-16(26-22-15)13-5-4-12(19)10-14(13)20/h4-5,10H,6-9,11H2,1-3H3. The summed E-state index contributed by atoms with van der Waals surface area (Å²) in [5, 5.41) is 5.07. The van der Waals surface area contributed by atoms with E-state index < -0.39 is 0 Å². The van der Waals surface area contributed by atoms with Gasteiger partial charge in [-0.1, -0.05) is 49.1 Å². The van der Waals surface area contributed by atoms with Crippen molar-refractivity contribution in [3.63, 3.8) is 0 Å². The number of halogens is 2. The first-order chi connectivity index (χ1) is 12.2. The number of piperazine rings is 1. The molecule has 1 aliphatic rings. The predicted molar refractivity (Wildman–Crippen MR) is 101 cm³/mol. The average Bonchev–Trinajstić information content (AvgIpc) is 3.02. The summed E-state index contributed by atoms with van der Waals surface area (Å²) >= 11 is 12.1. The number of amides is 1. The van der Waals surface area contributed by atoms with Crippen LogP contribution in [0.5, 0.6) is 0 Å². The van der Waals surface area contributed by atoms with Gasteiger partial charge in [0, 0.05) is 36.6 Å². The molecule has 1 saturated heterocycles. The van der Waals surface area contributed by atoms with Crippen molar-refractivity contribution in [2.24, 2.45) is 5.41 Å². The Bertz CT molecular complexity index is 793. The zero-order chi connectivity index (χ0) is 18.9. The van der Waals surface area contributed by atoms with E-state index in [1.54, 1.807) is 18.2 Å². The molecule has 0 N–H and O–H groups in total. The van der Waals surface area contributed by atoms with Crippen LogP contribution in [-0.4, -0.2) is 52.0 Å². The van der Waals surface area contributed by atoms with Crippen LogP contribution in [-0.2, 0) is 11.3 Å². The molecule has 6 nitrogen and oxygen atoms in total. The van der Waals surface area contributed by atoms with Gasteiger partial charge in [0.25, 0.3) is 5.89 Å². The third-order valence-electron chi connectivity index (χ3n) is 4.30. The lowest BCUT2D eigenvalue weighted by atomic mass is 9.94. The van der Waals surface area contributed by atoms with Gasteiger partial charge in [-0.05, 0) is 18.2 Å². The lowest BCUT2D eigenvalue weighted by Gasteiger charge is -2.37. The fourth-order valence-electron chi connectivity index (χ4n) is 2.87. The molecule has 0 aliphatic carbocycles. The van der Waals surface area contributed by atoms with E-state index in [0.29, 0.717) is 47.0 Å². The molecular formula is C18H22Cl2N4O2. The highest BCUT2D eigenvalue weighted by molar-refractivity contribution is 6.36. The summed E-state index contributed by atoms with van der Waals surface area (Å²) < 4.78 is 5.34. The number of nitrogens with zero attached hydrogens (tertiary/aromatic N) is 4. The Morgan fingerprint density at radius 3 is 2.50 bits per heavy atom. The number of hydrogen-bond donors (Lipinski definition) is 0. The molecule has 0 atom stereocenters. The number of benzene rings is 1. The zero-order valence-corrected chi connectivity index (χ0v) is 16.6. The largest absolute Gasteiger partial charge is 0.340 e. The minimum absolute atomic E-state index is 0.191. The molecule has 2 heterocycles. The highest BCUT2D eigenvalue weighted by Crippen LogP contribution is 2.29. The first kappa shape index (κ1) is 19.1. The molecule has 1 fully saturated rings. The van der Waals surface area contributed by atoms with Gasteiger partial charge >= 0.3 is 0 Å². The second kappa shape index (κ2) is 7.55. The Morgan fingerprint density at radius 2 is 1.88 bits per heavy atom. The molecule has 1 amide bonds. The zero-order valence-electron chi connectivity index (χ0n) is 15.1. The van der Waals surface area contributed by atoms with E-state index in [9.17, 15) is 4.79 Å². The van der Waals surface area contributed by atoms with E-state index in [0.717, 1.165) is 13.1 Å². The third kappa shape index (κ3) is 4.37. The van der Waals surface area contributed by atoms with Crippen molar-refractivity contribution >= 4 is 29.1 Å². The monoisotopic (exact) mass is 396 g/mol. The van der Waals surface area contributed by atoms with Crippen molar-refractivity contribution in [1.29, 1.82) is 0 Å². The number of carbonyl (C=O) groups is 1. The number of hydrogen-bond acceptors (Lipinski definition) is 5. The van der Waals surface area contributed by atoms with E-state index >= 15 is 0 Å². The van der Waals surface area contributed by atoms with Gasteiger partial charge in [-0.2, -0.15) is 4.98 Å². The molecule has 8 heteroatoms.